The number of hydrogen-bond acceptors (Lipinski definition) is 3. The van der Waals surface area contributed by atoms with E-state index in [2.05, 4.69) is 0 Å². The Balaban J connectivity index is 2.57. The van der Waals surface area contributed by atoms with Crippen LogP contribution in [-0.2, 0) is 0 Å². The Hall–Kier alpha value is -0.640. The molecule has 0 bridgehead atoms. The van der Waals surface area contributed by atoms with E-state index in [0.29, 0.717) is 0 Å². The van der Waals surface area contributed by atoms with E-state index < -0.39 is 6.17 Å². The van der Waals surface area contributed by atoms with E-state index >= 15 is 0 Å². The first-order valence-electron chi connectivity index (χ1n) is 4.93. The van der Waals surface area contributed by atoms with E-state index in [1.165, 1.54) is 6.42 Å². The van der Waals surface area contributed by atoms with Gasteiger partial charge in [0.25, 0.3) is 6.17 Å². The van der Waals surface area contributed by atoms with E-state index in [-0.39, 0.29) is 10.8 Å². The van der Waals surface area contributed by atoms with Crippen molar-refractivity contribution in [1.29, 1.82) is 0 Å². The number of rotatable bonds is 3. The summed E-state index contributed by atoms with van der Waals surface area (Å²) in [6.45, 7) is 0. The van der Waals surface area contributed by atoms with Crippen LogP contribution >= 0.6 is 0 Å². The Kier molecular flexibility index (Phi) is 3.66. The largest absolute Gasteiger partial charge is 0.270 e. The SMILES string of the molecule is CN(C)C(C1CCCCC1)[N+](=O)[O-]. The summed E-state index contributed by atoms with van der Waals surface area (Å²) in [6, 6.07) is 0. The first kappa shape index (κ1) is 10.4. The Bertz CT molecular complexity index is 176. The zero-order chi connectivity index (χ0) is 9.84. The molecule has 0 amide bonds. The highest BCUT2D eigenvalue weighted by Gasteiger charge is 2.33. The molecule has 1 saturated carbocycles. The molecule has 0 radical (unpaired) electrons. The van der Waals surface area contributed by atoms with Crippen LogP contribution in [0.4, 0.5) is 0 Å². The van der Waals surface area contributed by atoms with E-state index in [0.717, 1.165) is 25.7 Å². The molecule has 0 N–H and O–H groups in total. The van der Waals surface area contributed by atoms with Gasteiger partial charge >= 0.3 is 0 Å². The van der Waals surface area contributed by atoms with Crippen LogP contribution < -0.4 is 0 Å². The fourth-order valence-corrected chi connectivity index (χ4v) is 2.21. The Morgan fingerprint density at radius 2 is 1.85 bits per heavy atom. The predicted octanol–water partition coefficient (Wildman–Crippen LogP) is 1.73. The molecule has 1 aliphatic carbocycles. The van der Waals surface area contributed by atoms with Crippen LogP contribution in [0.5, 0.6) is 0 Å². The van der Waals surface area contributed by atoms with Gasteiger partial charge in [-0.3, -0.25) is 10.1 Å². The molecule has 0 aliphatic heterocycles. The van der Waals surface area contributed by atoms with Gasteiger partial charge < -0.3 is 0 Å². The van der Waals surface area contributed by atoms with E-state index in [1.807, 2.05) is 0 Å². The van der Waals surface area contributed by atoms with Crippen LogP contribution in [-0.4, -0.2) is 30.1 Å². The molecule has 1 aliphatic rings. The van der Waals surface area contributed by atoms with Gasteiger partial charge in [-0.15, -0.1) is 0 Å². The van der Waals surface area contributed by atoms with Crippen LogP contribution in [0, 0.1) is 16.0 Å². The molecule has 0 aromatic rings. The topological polar surface area (TPSA) is 46.4 Å². The second-order valence-electron chi connectivity index (χ2n) is 4.06. The maximum atomic E-state index is 10.8. The minimum atomic E-state index is -0.472. The lowest BCUT2D eigenvalue weighted by Gasteiger charge is -2.27. The molecule has 0 aromatic heterocycles. The lowest BCUT2D eigenvalue weighted by molar-refractivity contribution is -0.558. The summed E-state index contributed by atoms with van der Waals surface area (Å²) < 4.78 is 0. The van der Waals surface area contributed by atoms with Crippen LogP contribution in [0.3, 0.4) is 0 Å². The van der Waals surface area contributed by atoms with Crippen LogP contribution in [0.15, 0.2) is 0 Å². The third-order valence-electron chi connectivity index (χ3n) is 2.82. The van der Waals surface area contributed by atoms with Crippen LogP contribution in [0.25, 0.3) is 0 Å². The lowest BCUT2D eigenvalue weighted by Crippen LogP contribution is -2.42. The number of nitrogens with zero attached hydrogens (tertiary/aromatic N) is 2. The Morgan fingerprint density at radius 1 is 1.31 bits per heavy atom. The molecule has 0 saturated heterocycles. The standard InChI is InChI=1S/C9H18N2O2/c1-10(2)9(11(12)13)8-6-4-3-5-7-8/h8-9H,3-7H2,1-2H3. The maximum absolute atomic E-state index is 10.8. The van der Waals surface area contributed by atoms with Crippen molar-refractivity contribution in [3.8, 4) is 0 Å². The summed E-state index contributed by atoms with van der Waals surface area (Å²) in [4.78, 5) is 12.4. The van der Waals surface area contributed by atoms with Gasteiger partial charge in [-0.2, -0.15) is 0 Å². The summed E-state index contributed by atoms with van der Waals surface area (Å²) in [5.41, 5.74) is 0. The molecule has 76 valence electrons. The van der Waals surface area contributed by atoms with Gasteiger partial charge in [-0.25, -0.2) is 4.90 Å². The Labute approximate surface area is 79.1 Å². The summed E-state index contributed by atoms with van der Waals surface area (Å²) >= 11 is 0. The molecule has 0 aromatic carbocycles. The fourth-order valence-electron chi connectivity index (χ4n) is 2.21. The summed E-state index contributed by atoms with van der Waals surface area (Å²) in [5.74, 6) is 0.263. The summed E-state index contributed by atoms with van der Waals surface area (Å²) in [5, 5.41) is 10.8. The van der Waals surface area contributed by atoms with E-state index in [9.17, 15) is 10.1 Å². The molecule has 1 fully saturated rings. The van der Waals surface area contributed by atoms with Crippen LogP contribution in [0.1, 0.15) is 32.1 Å². The fraction of sp³-hybridized carbons (Fsp3) is 1.00. The average molecular weight is 186 g/mol. The molecule has 0 spiro atoms. The summed E-state index contributed by atoms with van der Waals surface area (Å²) in [6.07, 6.45) is 5.12. The van der Waals surface area contributed by atoms with Crippen molar-refractivity contribution in [3.63, 3.8) is 0 Å². The monoisotopic (exact) mass is 186 g/mol. The maximum Gasteiger partial charge on any atom is 0.270 e. The van der Waals surface area contributed by atoms with Crippen molar-refractivity contribution in [1.82, 2.24) is 4.90 Å². The van der Waals surface area contributed by atoms with Crippen molar-refractivity contribution >= 4 is 0 Å². The minimum Gasteiger partial charge on any atom is -0.263 e. The number of hydrogen-bond donors (Lipinski definition) is 0. The summed E-state index contributed by atoms with van der Waals surface area (Å²) in [7, 11) is 3.59. The van der Waals surface area contributed by atoms with Crippen molar-refractivity contribution in [3.05, 3.63) is 10.1 Å². The van der Waals surface area contributed by atoms with Crippen LogP contribution in [0.2, 0.25) is 0 Å². The van der Waals surface area contributed by atoms with Gasteiger partial charge in [-0.05, 0) is 26.9 Å². The second kappa shape index (κ2) is 4.56. The van der Waals surface area contributed by atoms with E-state index in [4.69, 9.17) is 0 Å². The first-order valence-corrected chi connectivity index (χ1v) is 4.93. The highest BCUT2D eigenvalue weighted by Crippen LogP contribution is 2.28. The quantitative estimate of drug-likeness (QED) is 0.383. The second-order valence-corrected chi connectivity index (χ2v) is 4.06. The molecule has 13 heavy (non-hydrogen) atoms. The molecular weight excluding hydrogens is 168 g/mol. The first-order chi connectivity index (χ1) is 6.13. The smallest absolute Gasteiger partial charge is 0.263 e. The molecule has 1 unspecified atom stereocenters. The van der Waals surface area contributed by atoms with Gasteiger partial charge in [0.2, 0.25) is 0 Å². The zero-order valence-corrected chi connectivity index (χ0v) is 8.40. The Morgan fingerprint density at radius 3 is 2.23 bits per heavy atom. The molecule has 0 heterocycles. The lowest BCUT2D eigenvalue weighted by atomic mass is 9.87. The molecular formula is C9H18N2O2. The normalized spacial score (nSPS) is 21.8. The minimum absolute atomic E-state index is 0.143. The molecule has 1 atom stereocenters. The van der Waals surface area contributed by atoms with E-state index in [1.54, 1.807) is 19.0 Å². The van der Waals surface area contributed by atoms with Gasteiger partial charge in [0, 0.05) is 10.8 Å². The van der Waals surface area contributed by atoms with Gasteiger partial charge in [0.1, 0.15) is 0 Å². The van der Waals surface area contributed by atoms with Crippen molar-refractivity contribution in [2.24, 2.45) is 5.92 Å². The molecule has 1 rings (SSSR count). The van der Waals surface area contributed by atoms with Crippen molar-refractivity contribution in [2.45, 2.75) is 38.3 Å². The van der Waals surface area contributed by atoms with Crippen molar-refractivity contribution < 1.29 is 4.92 Å². The van der Waals surface area contributed by atoms with Gasteiger partial charge in [-0.1, -0.05) is 19.3 Å². The third kappa shape index (κ3) is 2.66. The number of nitro groups is 1. The van der Waals surface area contributed by atoms with Crippen molar-refractivity contribution in [2.75, 3.05) is 14.1 Å². The third-order valence-corrected chi connectivity index (χ3v) is 2.82. The highest BCUT2D eigenvalue weighted by molar-refractivity contribution is 4.72. The highest BCUT2D eigenvalue weighted by atomic mass is 16.6. The molecule has 4 heteroatoms. The average Bonchev–Trinajstić information content (AvgIpc) is 2.04. The van der Waals surface area contributed by atoms with Gasteiger partial charge in [0.15, 0.2) is 0 Å². The van der Waals surface area contributed by atoms with Gasteiger partial charge in [0.05, 0.1) is 0 Å². The molecule has 4 nitrogen and oxygen atoms in total. The predicted molar refractivity (Wildman–Crippen MR) is 51.0 cm³/mol. The zero-order valence-electron chi connectivity index (χ0n) is 8.40.